The molecule has 1 aromatic carbocycles. The molecule has 1 rings (SSSR count). The van der Waals surface area contributed by atoms with E-state index in [0.29, 0.717) is 0 Å². The van der Waals surface area contributed by atoms with E-state index >= 15 is 0 Å². The number of methoxy groups -OCH3 is 1. The Balaban J connectivity index is 0.00000324. The Labute approximate surface area is 145 Å². The Kier molecular flexibility index (Phi) is 4.89. The van der Waals surface area contributed by atoms with Gasteiger partial charge >= 0.3 is 68.6 Å². The van der Waals surface area contributed by atoms with E-state index in [0.717, 1.165) is 7.11 Å². The van der Waals surface area contributed by atoms with Crippen molar-refractivity contribution in [3.8, 4) is 5.75 Å². The third-order valence-electron chi connectivity index (χ3n) is 1.96. The molecule has 0 aliphatic rings. The third kappa shape index (κ3) is 5.42. The van der Waals surface area contributed by atoms with E-state index in [9.17, 15) is 32.4 Å². The summed E-state index contributed by atoms with van der Waals surface area (Å²) < 4.78 is 103. The number of halogens is 8. The fraction of sp³-hybridized carbons (Fsp3) is 0.143. The number of hydrogen-bond donors (Lipinski definition) is 0. The fourth-order valence-electron chi connectivity index (χ4n) is 1.12. The van der Waals surface area contributed by atoms with Crippen LogP contribution in [-0.4, -0.2) is 14.1 Å². The van der Waals surface area contributed by atoms with Crippen LogP contribution in [-0.2, 0) is 0 Å². The van der Waals surface area contributed by atoms with Gasteiger partial charge in [-0.25, -0.2) is 0 Å². The molecule has 0 aromatic heterocycles. The van der Waals surface area contributed by atoms with Gasteiger partial charge in [0.05, 0.1) is 7.11 Å². The zero-order valence-corrected chi connectivity index (χ0v) is 13.6. The maximum absolute atomic E-state index is 12.4. The zero-order valence-electron chi connectivity index (χ0n) is 9.65. The van der Waals surface area contributed by atoms with Gasteiger partial charge in [0.1, 0.15) is 10.6 Å². The molecule has 0 heterocycles. The van der Waals surface area contributed by atoms with E-state index in [1.165, 1.54) is 0 Å². The van der Waals surface area contributed by atoms with Crippen molar-refractivity contribution in [2.24, 2.45) is 0 Å². The molecule has 0 spiro atoms. The molecule has 0 radical (unpaired) electrons. The molecule has 0 bridgehead atoms. The molecule has 0 aliphatic carbocycles. The van der Waals surface area contributed by atoms with Gasteiger partial charge in [0.2, 0.25) is 0 Å². The van der Waals surface area contributed by atoms with Crippen LogP contribution in [0.1, 0.15) is 0 Å². The van der Waals surface area contributed by atoms with Crippen molar-refractivity contribution < 1.29 is 88.5 Å². The van der Waals surface area contributed by atoms with E-state index in [-0.39, 0.29) is 63.5 Å². The number of benzene rings is 1. The van der Waals surface area contributed by atoms with E-state index in [4.69, 9.17) is 0 Å². The third-order valence-corrected chi connectivity index (χ3v) is 3.09. The Morgan fingerprint density at radius 1 is 0.947 bits per heavy atom. The smallest absolute Gasteiger partial charge is 0.497 e. The first kappa shape index (κ1) is 19.5. The SMILES string of the molecule is COc1cc([B-](F)(F)F)cc(S(F)(F)(F)(F)F)c1.[K+]. The summed E-state index contributed by atoms with van der Waals surface area (Å²) >= 11 is 0. The molecule has 1 aromatic rings. The topological polar surface area (TPSA) is 9.23 Å². The first-order valence-corrected chi connectivity index (χ1v) is 6.21. The minimum Gasteiger partial charge on any atom is -0.497 e. The molecule has 12 heteroatoms. The van der Waals surface area contributed by atoms with Crippen molar-refractivity contribution in [1.29, 1.82) is 0 Å². The first-order chi connectivity index (χ1) is 7.63. The van der Waals surface area contributed by atoms with Crippen LogP contribution in [0.5, 0.6) is 5.75 Å². The van der Waals surface area contributed by atoms with E-state index in [1.807, 2.05) is 0 Å². The van der Waals surface area contributed by atoms with Gasteiger partial charge < -0.3 is 17.7 Å². The van der Waals surface area contributed by atoms with Crippen molar-refractivity contribution in [1.82, 2.24) is 0 Å². The molecule has 0 unspecified atom stereocenters. The fourth-order valence-corrected chi connectivity index (χ4v) is 1.82. The zero-order chi connectivity index (χ0) is 14.5. The monoisotopic (exact) mass is 340 g/mol. The molecule has 0 amide bonds. The largest absolute Gasteiger partial charge is 1.00 e. The van der Waals surface area contributed by atoms with Crippen LogP contribution in [0.2, 0.25) is 0 Å². The van der Waals surface area contributed by atoms with Gasteiger partial charge in [0, 0.05) is 6.07 Å². The van der Waals surface area contributed by atoms with E-state index in [1.54, 1.807) is 0 Å². The molecule has 0 atom stereocenters. The first-order valence-electron chi connectivity index (χ1n) is 4.26. The Morgan fingerprint density at radius 3 is 1.74 bits per heavy atom. The molecule has 0 aliphatic heterocycles. The second kappa shape index (κ2) is 4.77. The summed E-state index contributed by atoms with van der Waals surface area (Å²) in [5, 5.41) is 0. The summed E-state index contributed by atoms with van der Waals surface area (Å²) in [5.74, 6) is -0.935. The molecular weight excluding hydrogens is 334 g/mol. The molecule has 19 heavy (non-hydrogen) atoms. The summed E-state index contributed by atoms with van der Waals surface area (Å²) in [6.07, 6.45) is 0. The van der Waals surface area contributed by atoms with E-state index < -0.39 is 39.4 Å². The van der Waals surface area contributed by atoms with Crippen LogP contribution in [0.3, 0.4) is 0 Å². The summed E-state index contributed by atoms with van der Waals surface area (Å²) in [5.41, 5.74) is -1.79. The standard InChI is InChI=1S/C7H6BF8OS.K/c1-17-6-2-5(8(9,10)11)3-7(4-6)18(12,13,14,15)16;/h2-4H,1H3;/q-1;+1. The van der Waals surface area contributed by atoms with Gasteiger partial charge in [-0.1, -0.05) is 25.5 Å². The van der Waals surface area contributed by atoms with Crippen LogP contribution in [0.15, 0.2) is 23.1 Å². The maximum Gasteiger partial charge on any atom is 1.00 e. The maximum atomic E-state index is 12.4. The average Bonchev–Trinajstić information content (AvgIpc) is 2.12. The van der Waals surface area contributed by atoms with Crippen LogP contribution >= 0.6 is 10.2 Å². The van der Waals surface area contributed by atoms with Crippen molar-refractivity contribution in [2.45, 2.75) is 4.90 Å². The van der Waals surface area contributed by atoms with Gasteiger partial charge in [-0.15, -0.1) is 5.46 Å². The summed E-state index contributed by atoms with van der Waals surface area (Å²) in [6.45, 7) is -5.85. The molecular formula is C7H6BF8KOS. The Bertz CT molecular complexity index is 483. The Morgan fingerprint density at radius 2 is 1.42 bits per heavy atom. The van der Waals surface area contributed by atoms with Crippen LogP contribution < -0.4 is 61.6 Å². The molecule has 0 saturated heterocycles. The summed E-state index contributed by atoms with van der Waals surface area (Å²) in [4.78, 5) is -2.62. The van der Waals surface area contributed by atoms with Crippen LogP contribution in [0, 0.1) is 0 Å². The van der Waals surface area contributed by atoms with Gasteiger partial charge in [0.15, 0.2) is 0 Å². The van der Waals surface area contributed by atoms with Gasteiger partial charge in [0.25, 0.3) is 0 Å². The second-order valence-electron chi connectivity index (χ2n) is 3.49. The van der Waals surface area contributed by atoms with Gasteiger partial charge in [-0.3, -0.25) is 0 Å². The van der Waals surface area contributed by atoms with Crippen LogP contribution in [0.25, 0.3) is 0 Å². The Hall–Kier alpha value is 0.511. The predicted molar refractivity (Wildman–Crippen MR) is 53.1 cm³/mol. The minimum absolute atomic E-state index is 0. The molecule has 106 valence electrons. The normalized spacial score (nSPS) is 16.1. The molecule has 0 N–H and O–H groups in total. The average molecular weight is 340 g/mol. The van der Waals surface area contributed by atoms with Crippen molar-refractivity contribution in [3.05, 3.63) is 18.2 Å². The van der Waals surface area contributed by atoms with Crippen LogP contribution in [0.4, 0.5) is 32.4 Å². The minimum atomic E-state index is -10.2. The molecule has 0 saturated carbocycles. The summed E-state index contributed by atoms with van der Waals surface area (Å²) in [6, 6.07) is -0.538. The summed E-state index contributed by atoms with van der Waals surface area (Å²) in [7, 11) is -9.39. The number of hydrogen-bond acceptors (Lipinski definition) is 1. The molecule has 0 fully saturated rings. The van der Waals surface area contributed by atoms with Gasteiger partial charge in [-0.2, -0.15) is 0 Å². The predicted octanol–water partition coefficient (Wildman–Crippen LogP) is 1.41. The number of ether oxygens (including phenoxy) is 1. The van der Waals surface area contributed by atoms with Crippen molar-refractivity contribution in [3.63, 3.8) is 0 Å². The van der Waals surface area contributed by atoms with Crippen molar-refractivity contribution >= 4 is 22.7 Å². The van der Waals surface area contributed by atoms with Crippen molar-refractivity contribution in [2.75, 3.05) is 7.11 Å². The second-order valence-corrected chi connectivity index (χ2v) is 5.89. The number of rotatable bonds is 3. The quantitative estimate of drug-likeness (QED) is 0.597. The van der Waals surface area contributed by atoms with Gasteiger partial charge in [-0.05, 0) is 6.07 Å². The molecule has 1 nitrogen and oxygen atoms in total. The van der Waals surface area contributed by atoms with E-state index in [2.05, 4.69) is 4.74 Å².